The van der Waals surface area contributed by atoms with Gasteiger partial charge in [-0.2, -0.15) is 0 Å². The van der Waals surface area contributed by atoms with Crippen molar-refractivity contribution in [1.29, 1.82) is 0 Å². The first kappa shape index (κ1) is 25.3. The van der Waals surface area contributed by atoms with Gasteiger partial charge in [0.05, 0.1) is 14.2 Å². The van der Waals surface area contributed by atoms with Crippen molar-refractivity contribution in [3.8, 4) is 22.6 Å². The monoisotopic (exact) mass is 476 g/mol. The van der Waals surface area contributed by atoms with E-state index in [1.165, 1.54) is 40.0 Å². The standard InChI is InChI=1S/C27H28N2O6/c1-27(2,26(32)33)29(3)25(31)19-8-6-17(7-9-19)18-10-12-21(13-11-18)28-24(30)20-14-22(34-4)16-23(15-20)35-5/h6-16H,1-5H3,(H,28,30)(H,32,33). The predicted molar refractivity (Wildman–Crippen MR) is 133 cm³/mol. The van der Waals surface area contributed by atoms with Crippen molar-refractivity contribution in [2.45, 2.75) is 19.4 Å². The molecule has 3 aromatic carbocycles. The number of hydrogen-bond donors (Lipinski definition) is 2. The van der Waals surface area contributed by atoms with Gasteiger partial charge in [0.1, 0.15) is 17.0 Å². The molecular weight excluding hydrogens is 448 g/mol. The molecule has 182 valence electrons. The maximum absolute atomic E-state index is 12.7. The number of methoxy groups -OCH3 is 2. The van der Waals surface area contributed by atoms with Gasteiger partial charge in [0.2, 0.25) is 0 Å². The summed E-state index contributed by atoms with van der Waals surface area (Å²) in [7, 11) is 4.51. The number of carbonyl (C=O) groups is 3. The van der Waals surface area contributed by atoms with Gasteiger partial charge in [0.15, 0.2) is 0 Å². The van der Waals surface area contributed by atoms with Crippen molar-refractivity contribution >= 4 is 23.5 Å². The third-order valence-corrected chi connectivity index (χ3v) is 5.89. The average molecular weight is 477 g/mol. The van der Waals surface area contributed by atoms with Crippen LogP contribution in [0.25, 0.3) is 11.1 Å². The highest BCUT2D eigenvalue weighted by atomic mass is 16.5. The zero-order chi connectivity index (χ0) is 25.8. The lowest BCUT2D eigenvalue weighted by Crippen LogP contribution is -2.50. The number of amides is 2. The van der Waals surface area contributed by atoms with Crippen LogP contribution in [0, 0.1) is 0 Å². The van der Waals surface area contributed by atoms with Gasteiger partial charge >= 0.3 is 5.97 Å². The molecule has 2 amide bonds. The zero-order valence-electron chi connectivity index (χ0n) is 20.3. The number of carboxylic acid groups (broad SMARTS) is 1. The number of hydrogen-bond acceptors (Lipinski definition) is 5. The number of nitrogens with zero attached hydrogens (tertiary/aromatic N) is 1. The molecule has 3 rings (SSSR count). The Morgan fingerprint density at radius 2 is 1.29 bits per heavy atom. The van der Waals surface area contributed by atoms with Crippen molar-refractivity contribution in [2.24, 2.45) is 0 Å². The lowest BCUT2D eigenvalue weighted by molar-refractivity contribution is -0.147. The fourth-order valence-electron chi connectivity index (χ4n) is 3.28. The number of ether oxygens (including phenoxy) is 2. The Morgan fingerprint density at radius 3 is 1.74 bits per heavy atom. The number of carboxylic acids is 1. The second kappa shape index (κ2) is 10.3. The molecule has 35 heavy (non-hydrogen) atoms. The van der Waals surface area contributed by atoms with Crippen molar-refractivity contribution in [3.63, 3.8) is 0 Å². The first-order valence-electron chi connectivity index (χ1n) is 10.8. The van der Waals surface area contributed by atoms with Gasteiger partial charge in [0.25, 0.3) is 11.8 Å². The van der Waals surface area contributed by atoms with E-state index in [1.54, 1.807) is 54.6 Å². The van der Waals surface area contributed by atoms with Crippen LogP contribution in [0.15, 0.2) is 66.7 Å². The first-order valence-corrected chi connectivity index (χ1v) is 10.8. The number of aliphatic carboxylic acids is 1. The fraction of sp³-hybridized carbons (Fsp3) is 0.222. The topological polar surface area (TPSA) is 105 Å². The van der Waals surface area contributed by atoms with Gasteiger partial charge in [-0.15, -0.1) is 0 Å². The molecule has 0 aliphatic rings. The summed E-state index contributed by atoms with van der Waals surface area (Å²) in [5, 5.41) is 12.2. The maximum atomic E-state index is 12.7. The number of benzene rings is 3. The summed E-state index contributed by atoms with van der Waals surface area (Å²) in [4.78, 5) is 38.0. The van der Waals surface area contributed by atoms with Crippen LogP contribution in [0.5, 0.6) is 11.5 Å². The lowest BCUT2D eigenvalue weighted by Gasteiger charge is -2.31. The average Bonchev–Trinajstić information content (AvgIpc) is 2.87. The molecule has 0 unspecified atom stereocenters. The predicted octanol–water partition coefficient (Wildman–Crippen LogP) is 4.56. The lowest BCUT2D eigenvalue weighted by atomic mass is 10.0. The molecule has 2 N–H and O–H groups in total. The van der Waals surface area contributed by atoms with E-state index in [0.717, 1.165) is 11.1 Å². The van der Waals surface area contributed by atoms with Gasteiger partial charge < -0.3 is 24.8 Å². The Balaban J connectivity index is 1.72. The molecule has 8 heteroatoms. The summed E-state index contributed by atoms with van der Waals surface area (Å²) >= 11 is 0. The molecule has 0 atom stereocenters. The van der Waals surface area contributed by atoms with Gasteiger partial charge in [-0.1, -0.05) is 24.3 Å². The van der Waals surface area contributed by atoms with Gasteiger partial charge in [-0.25, -0.2) is 4.79 Å². The van der Waals surface area contributed by atoms with E-state index in [9.17, 15) is 19.5 Å². The zero-order valence-corrected chi connectivity index (χ0v) is 20.3. The second-order valence-electron chi connectivity index (χ2n) is 8.44. The smallest absolute Gasteiger partial charge is 0.329 e. The normalized spacial score (nSPS) is 10.9. The molecule has 0 aromatic heterocycles. The molecule has 0 saturated heterocycles. The Labute approximate surface area is 204 Å². The van der Waals surface area contributed by atoms with Crippen molar-refractivity contribution in [1.82, 2.24) is 4.90 Å². The van der Waals surface area contributed by atoms with Gasteiger partial charge in [-0.3, -0.25) is 9.59 Å². The van der Waals surface area contributed by atoms with Crippen molar-refractivity contribution < 1.29 is 29.0 Å². The van der Waals surface area contributed by atoms with E-state index in [-0.39, 0.29) is 11.8 Å². The minimum atomic E-state index is -1.33. The second-order valence-corrected chi connectivity index (χ2v) is 8.44. The van der Waals surface area contributed by atoms with Gasteiger partial charge in [-0.05, 0) is 61.4 Å². The van der Waals surface area contributed by atoms with Crippen molar-refractivity contribution in [3.05, 3.63) is 77.9 Å². The van der Waals surface area contributed by atoms with Gasteiger partial charge in [0, 0.05) is 29.9 Å². The highest BCUT2D eigenvalue weighted by Crippen LogP contribution is 2.25. The van der Waals surface area contributed by atoms with E-state index in [4.69, 9.17) is 9.47 Å². The molecule has 0 saturated carbocycles. The number of anilines is 1. The summed E-state index contributed by atoms with van der Waals surface area (Å²) in [6.07, 6.45) is 0. The summed E-state index contributed by atoms with van der Waals surface area (Å²) in [6, 6.07) is 19.2. The molecule has 0 aliphatic heterocycles. The number of rotatable bonds is 8. The molecule has 0 radical (unpaired) electrons. The number of likely N-dealkylation sites (N-methyl/N-ethyl adjacent to an activating group) is 1. The van der Waals surface area contributed by atoms with E-state index in [0.29, 0.717) is 28.3 Å². The van der Waals surface area contributed by atoms with Crippen molar-refractivity contribution in [2.75, 3.05) is 26.6 Å². The molecular formula is C27H28N2O6. The largest absolute Gasteiger partial charge is 0.497 e. The number of carbonyl (C=O) groups excluding carboxylic acids is 2. The summed E-state index contributed by atoms with van der Waals surface area (Å²) in [6.45, 7) is 2.96. The van der Waals surface area contributed by atoms with E-state index < -0.39 is 11.5 Å². The fourth-order valence-corrected chi connectivity index (χ4v) is 3.28. The van der Waals surface area contributed by atoms with E-state index in [1.807, 2.05) is 12.1 Å². The van der Waals surface area contributed by atoms with Crippen LogP contribution >= 0.6 is 0 Å². The molecule has 3 aromatic rings. The third kappa shape index (κ3) is 5.60. The Bertz CT molecular complexity index is 1210. The van der Waals surface area contributed by atoms with E-state index in [2.05, 4.69) is 5.32 Å². The molecule has 0 heterocycles. The molecule has 0 spiro atoms. The quantitative estimate of drug-likeness (QED) is 0.494. The van der Waals surface area contributed by atoms with Crippen LogP contribution in [0.3, 0.4) is 0 Å². The maximum Gasteiger partial charge on any atom is 0.329 e. The van der Waals surface area contributed by atoms with Crippen LogP contribution in [-0.2, 0) is 4.79 Å². The third-order valence-electron chi connectivity index (χ3n) is 5.89. The van der Waals surface area contributed by atoms with Crippen LogP contribution in [0.4, 0.5) is 5.69 Å². The van der Waals surface area contributed by atoms with Crippen LogP contribution in [0.2, 0.25) is 0 Å². The molecule has 0 fully saturated rings. The Morgan fingerprint density at radius 1 is 0.800 bits per heavy atom. The Kier molecular flexibility index (Phi) is 7.44. The Hall–Kier alpha value is -4.33. The van der Waals surface area contributed by atoms with E-state index >= 15 is 0 Å². The SMILES string of the molecule is COc1cc(OC)cc(C(=O)Nc2ccc(-c3ccc(C(=O)N(C)C(C)(C)C(=O)O)cc3)cc2)c1. The first-order chi connectivity index (χ1) is 16.6. The minimum absolute atomic E-state index is 0.300. The van der Waals surface area contributed by atoms with Crippen LogP contribution < -0.4 is 14.8 Å². The highest BCUT2D eigenvalue weighted by Gasteiger charge is 2.35. The molecule has 0 aliphatic carbocycles. The summed E-state index contributed by atoms with van der Waals surface area (Å²) < 4.78 is 10.4. The van der Waals surface area contributed by atoms with Crippen LogP contribution in [-0.4, -0.2) is 54.6 Å². The summed E-state index contributed by atoms with van der Waals surface area (Å²) in [5.41, 5.74) is 1.85. The summed E-state index contributed by atoms with van der Waals surface area (Å²) in [5.74, 6) is -0.723. The minimum Gasteiger partial charge on any atom is -0.497 e. The molecule has 0 bridgehead atoms. The number of nitrogens with one attached hydrogen (secondary N) is 1. The van der Waals surface area contributed by atoms with Crippen LogP contribution in [0.1, 0.15) is 34.6 Å². The molecule has 8 nitrogen and oxygen atoms in total. The highest BCUT2D eigenvalue weighted by molar-refractivity contribution is 6.05.